The number of rotatable bonds is 8. The summed E-state index contributed by atoms with van der Waals surface area (Å²) >= 11 is 0. The maximum absolute atomic E-state index is 5.51. The molecule has 0 saturated carbocycles. The zero-order valence-electron chi connectivity index (χ0n) is 11.9. The number of pyridine rings is 1. The summed E-state index contributed by atoms with van der Waals surface area (Å²) in [6, 6.07) is 16.0. The first-order chi connectivity index (χ1) is 9.95. The van der Waals surface area contributed by atoms with Crippen molar-refractivity contribution in [2.24, 2.45) is 0 Å². The van der Waals surface area contributed by atoms with Crippen LogP contribution in [0.2, 0.25) is 0 Å². The second-order valence-corrected chi connectivity index (χ2v) is 4.39. The molecule has 1 aromatic heterocycles. The van der Waals surface area contributed by atoms with Gasteiger partial charge in [-0.1, -0.05) is 48.6 Å². The van der Waals surface area contributed by atoms with Crippen LogP contribution in [0.25, 0.3) is 6.08 Å². The van der Waals surface area contributed by atoms with Crippen LogP contribution >= 0.6 is 12.4 Å². The van der Waals surface area contributed by atoms with E-state index >= 15 is 0 Å². The lowest BCUT2D eigenvalue weighted by molar-refractivity contribution is 0.297. The first-order valence-electron chi connectivity index (χ1n) is 6.91. The van der Waals surface area contributed by atoms with Crippen LogP contribution in [-0.4, -0.2) is 24.7 Å². The second-order valence-electron chi connectivity index (χ2n) is 4.39. The van der Waals surface area contributed by atoms with Crippen molar-refractivity contribution in [1.82, 2.24) is 10.3 Å². The Labute approximate surface area is 132 Å². The Balaban J connectivity index is 0.00000220. The van der Waals surface area contributed by atoms with Gasteiger partial charge in [-0.05, 0) is 24.6 Å². The maximum Gasteiger partial charge on any atom is 0.213 e. The third-order valence-corrected chi connectivity index (χ3v) is 2.76. The highest BCUT2D eigenvalue weighted by molar-refractivity contribution is 5.85. The summed E-state index contributed by atoms with van der Waals surface area (Å²) in [6.45, 7) is 2.50. The minimum atomic E-state index is 0. The quantitative estimate of drug-likeness (QED) is 0.757. The van der Waals surface area contributed by atoms with Gasteiger partial charge in [0.15, 0.2) is 0 Å². The minimum Gasteiger partial charge on any atom is -0.478 e. The molecule has 0 aliphatic heterocycles. The number of ether oxygens (including phenoxy) is 1. The van der Waals surface area contributed by atoms with Crippen LogP contribution < -0.4 is 10.1 Å². The highest BCUT2D eigenvalue weighted by atomic mass is 35.5. The fourth-order valence-electron chi connectivity index (χ4n) is 1.75. The average molecular weight is 305 g/mol. The van der Waals surface area contributed by atoms with E-state index in [9.17, 15) is 0 Å². The number of nitrogens with zero attached hydrogens (tertiary/aromatic N) is 1. The predicted molar refractivity (Wildman–Crippen MR) is 89.9 cm³/mol. The zero-order valence-corrected chi connectivity index (χ0v) is 12.8. The Morgan fingerprint density at radius 1 is 1.05 bits per heavy atom. The molecule has 112 valence electrons. The van der Waals surface area contributed by atoms with Crippen LogP contribution in [0.5, 0.6) is 5.88 Å². The van der Waals surface area contributed by atoms with Gasteiger partial charge in [-0.3, -0.25) is 0 Å². The molecule has 3 nitrogen and oxygen atoms in total. The van der Waals surface area contributed by atoms with Crippen LogP contribution in [0.4, 0.5) is 0 Å². The van der Waals surface area contributed by atoms with Crippen molar-refractivity contribution in [1.29, 1.82) is 0 Å². The monoisotopic (exact) mass is 304 g/mol. The smallest absolute Gasteiger partial charge is 0.213 e. The predicted octanol–water partition coefficient (Wildman–Crippen LogP) is 3.58. The molecule has 21 heavy (non-hydrogen) atoms. The Kier molecular flexibility index (Phi) is 8.93. The fourth-order valence-corrected chi connectivity index (χ4v) is 1.75. The molecule has 0 fully saturated rings. The molecule has 0 bridgehead atoms. The van der Waals surface area contributed by atoms with Crippen molar-refractivity contribution in [2.75, 3.05) is 19.7 Å². The molecule has 4 heteroatoms. The first kappa shape index (κ1) is 17.2. The lowest BCUT2D eigenvalue weighted by Gasteiger charge is -2.04. The average Bonchev–Trinajstić information content (AvgIpc) is 2.52. The van der Waals surface area contributed by atoms with E-state index in [1.807, 2.05) is 36.4 Å². The van der Waals surface area contributed by atoms with Gasteiger partial charge in [0.2, 0.25) is 5.88 Å². The lowest BCUT2D eigenvalue weighted by Crippen LogP contribution is -2.17. The first-order valence-corrected chi connectivity index (χ1v) is 6.91. The minimum absolute atomic E-state index is 0. The summed E-state index contributed by atoms with van der Waals surface area (Å²) in [5, 5.41) is 3.35. The van der Waals surface area contributed by atoms with E-state index in [-0.39, 0.29) is 12.4 Å². The van der Waals surface area contributed by atoms with E-state index in [1.54, 1.807) is 6.20 Å². The van der Waals surface area contributed by atoms with Gasteiger partial charge in [0.1, 0.15) is 0 Å². The molecule has 2 rings (SSSR count). The molecule has 1 heterocycles. The van der Waals surface area contributed by atoms with Gasteiger partial charge < -0.3 is 10.1 Å². The standard InChI is InChI=1S/C17H20N2O.ClH/c1-2-8-16(9-3-1)10-6-12-18-13-7-15-20-17-11-4-5-14-19-17;/h1-6,8-11,14,18H,7,12-13,15H2;1H/b10-6+;. The van der Waals surface area contributed by atoms with Gasteiger partial charge in [0, 0.05) is 18.8 Å². The van der Waals surface area contributed by atoms with Gasteiger partial charge in [0.05, 0.1) is 6.61 Å². The lowest BCUT2D eigenvalue weighted by atomic mass is 10.2. The van der Waals surface area contributed by atoms with Gasteiger partial charge in [-0.15, -0.1) is 12.4 Å². The number of benzene rings is 1. The highest BCUT2D eigenvalue weighted by Gasteiger charge is 1.92. The van der Waals surface area contributed by atoms with E-state index < -0.39 is 0 Å². The van der Waals surface area contributed by atoms with E-state index in [2.05, 4.69) is 34.6 Å². The molecule has 0 amide bonds. The summed E-state index contributed by atoms with van der Waals surface area (Å²) in [4.78, 5) is 4.11. The number of aromatic nitrogens is 1. The van der Waals surface area contributed by atoms with Crippen molar-refractivity contribution in [3.8, 4) is 5.88 Å². The van der Waals surface area contributed by atoms with Crippen LogP contribution in [-0.2, 0) is 0 Å². The van der Waals surface area contributed by atoms with Crippen molar-refractivity contribution >= 4 is 18.5 Å². The summed E-state index contributed by atoms with van der Waals surface area (Å²) in [5.41, 5.74) is 1.23. The van der Waals surface area contributed by atoms with Crippen LogP contribution in [0, 0.1) is 0 Å². The van der Waals surface area contributed by atoms with Gasteiger partial charge >= 0.3 is 0 Å². The van der Waals surface area contributed by atoms with E-state index in [4.69, 9.17) is 4.74 Å². The molecule has 0 aliphatic rings. The molecule has 0 aliphatic carbocycles. The van der Waals surface area contributed by atoms with Gasteiger partial charge in [-0.25, -0.2) is 4.98 Å². The van der Waals surface area contributed by atoms with E-state index in [1.165, 1.54) is 5.56 Å². The molecule has 1 aromatic carbocycles. The molecule has 0 unspecified atom stereocenters. The molecule has 0 saturated heterocycles. The zero-order chi connectivity index (χ0) is 13.9. The molecule has 0 atom stereocenters. The summed E-state index contributed by atoms with van der Waals surface area (Å²) in [7, 11) is 0. The molecule has 2 aromatic rings. The SMILES string of the molecule is C(=C\c1ccccc1)/CNCCCOc1ccccn1.Cl. The maximum atomic E-state index is 5.51. The van der Waals surface area contributed by atoms with Crippen molar-refractivity contribution < 1.29 is 4.74 Å². The van der Waals surface area contributed by atoms with E-state index in [0.29, 0.717) is 12.5 Å². The third kappa shape index (κ3) is 7.49. The Hall–Kier alpha value is -1.84. The largest absolute Gasteiger partial charge is 0.478 e. The number of hydrogen-bond donors (Lipinski definition) is 1. The molecular formula is C17H21ClN2O. The van der Waals surface area contributed by atoms with Gasteiger partial charge in [-0.2, -0.15) is 0 Å². The molecule has 0 spiro atoms. The van der Waals surface area contributed by atoms with E-state index in [0.717, 1.165) is 19.5 Å². The molecular weight excluding hydrogens is 284 g/mol. The molecule has 1 N–H and O–H groups in total. The second kappa shape index (κ2) is 10.9. The highest BCUT2D eigenvalue weighted by Crippen LogP contribution is 2.03. The van der Waals surface area contributed by atoms with Crippen LogP contribution in [0.1, 0.15) is 12.0 Å². The fraction of sp³-hybridized carbons (Fsp3) is 0.235. The topological polar surface area (TPSA) is 34.1 Å². The Bertz CT molecular complexity index is 503. The Morgan fingerprint density at radius 3 is 2.62 bits per heavy atom. The summed E-state index contributed by atoms with van der Waals surface area (Å²) < 4.78 is 5.51. The summed E-state index contributed by atoms with van der Waals surface area (Å²) in [6.07, 6.45) is 6.96. The van der Waals surface area contributed by atoms with Crippen LogP contribution in [0.15, 0.2) is 60.8 Å². The normalized spacial score (nSPS) is 10.3. The van der Waals surface area contributed by atoms with Crippen molar-refractivity contribution in [3.63, 3.8) is 0 Å². The van der Waals surface area contributed by atoms with Gasteiger partial charge in [0.25, 0.3) is 0 Å². The van der Waals surface area contributed by atoms with Crippen molar-refractivity contribution in [3.05, 3.63) is 66.4 Å². The van der Waals surface area contributed by atoms with Crippen LogP contribution in [0.3, 0.4) is 0 Å². The molecule has 0 radical (unpaired) electrons. The number of nitrogens with one attached hydrogen (secondary N) is 1. The summed E-state index contributed by atoms with van der Waals surface area (Å²) in [5.74, 6) is 0.691. The number of hydrogen-bond acceptors (Lipinski definition) is 3. The van der Waals surface area contributed by atoms with Crippen molar-refractivity contribution in [2.45, 2.75) is 6.42 Å². The Morgan fingerprint density at radius 2 is 1.86 bits per heavy atom. The number of halogens is 1. The third-order valence-electron chi connectivity index (χ3n) is 2.76.